The molecule has 0 radical (unpaired) electrons. The fourth-order valence-corrected chi connectivity index (χ4v) is 7.17. The van der Waals surface area contributed by atoms with E-state index in [0.717, 1.165) is 42.5 Å². The van der Waals surface area contributed by atoms with Gasteiger partial charge < -0.3 is 10.2 Å². The van der Waals surface area contributed by atoms with Crippen LogP contribution in [-0.2, 0) is 24.1 Å². The molecular formula is C29H33ClN8O4S. The maximum absolute atomic E-state index is 13.8. The van der Waals surface area contributed by atoms with Crippen molar-refractivity contribution < 1.29 is 13.2 Å². The normalized spacial score (nSPS) is 20.5. The molecule has 14 heteroatoms. The first-order valence-electron chi connectivity index (χ1n) is 14.0. The highest BCUT2D eigenvalue weighted by atomic mass is 35.5. The van der Waals surface area contributed by atoms with Crippen molar-refractivity contribution in [3.05, 3.63) is 74.6 Å². The standard InChI is InChI=1S/C29H33ClN8O4S/c1-15-10-18(16(2)31-22-6-7-24(30)32-26(22)27(39)35-43(5,41)42)25-20(11-15)28(40)37(4)29(33-25)38-14-17-12-19(23(38)13-17)21-8-9-36(3)34-21/h6-11,16-17,19,23,31H,12-14H2,1-5H3,(H,35,39)/t16-,17+,19+,23+/m1/s1. The largest absolute Gasteiger partial charge is 0.377 e. The van der Waals surface area contributed by atoms with Crippen LogP contribution in [0, 0.1) is 12.8 Å². The van der Waals surface area contributed by atoms with Crippen molar-refractivity contribution in [1.29, 1.82) is 0 Å². The van der Waals surface area contributed by atoms with E-state index in [2.05, 4.69) is 26.4 Å². The number of hydrogen-bond donors (Lipinski definition) is 2. The molecule has 2 bridgehead atoms. The zero-order chi connectivity index (χ0) is 30.8. The number of benzene rings is 1. The fourth-order valence-electron chi connectivity index (χ4n) is 6.58. The van der Waals surface area contributed by atoms with E-state index < -0.39 is 22.0 Å². The summed E-state index contributed by atoms with van der Waals surface area (Å²) in [7, 11) is -0.144. The molecule has 4 atom stereocenters. The third kappa shape index (κ3) is 5.47. The lowest BCUT2D eigenvalue weighted by Gasteiger charge is -2.34. The summed E-state index contributed by atoms with van der Waals surface area (Å²) in [5.41, 5.74) is 3.23. The summed E-state index contributed by atoms with van der Waals surface area (Å²) >= 11 is 6.05. The number of rotatable bonds is 7. The van der Waals surface area contributed by atoms with Gasteiger partial charge in [-0.05, 0) is 62.4 Å². The van der Waals surface area contributed by atoms with Crippen LogP contribution in [0.4, 0.5) is 11.6 Å². The highest BCUT2D eigenvalue weighted by Gasteiger charge is 2.47. The third-order valence-corrected chi connectivity index (χ3v) is 9.14. The molecule has 6 rings (SSSR count). The van der Waals surface area contributed by atoms with Crippen LogP contribution in [0.1, 0.15) is 59.0 Å². The van der Waals surface area contributed by atoms with Crippen molar-refractivity contribution in [3.63, 3.8) is 0 Å². The number of fused-ring (bicyclic) bond motifs is 3. The molecule has 4 heterocycles. The molecule has 2 N–H and O–H groups in total. The second kappa shape index (κ2) is 10.6. The smallest absolute Gasteiger partial charge is 0.285 e. The van der Waals surface area contributed by atoms with Gasteiger partial charge in [-0.1, -0.05) is 17.7 Å². The molecule has 2 fully saturated rings. The highest BCUT2D eigenvalue weighted by molar-refractivity contribution is 7.89. The van der Waals surface area contributed by atoms with Gasteiger partial charge in [-0.25, -0.2) is 23.1 Å². The number of halogens is 1. The first kappa shape index (κ1) is 29.1. The van der Waals surface area contributed by atoms with Crippen LogP contribution in [0.2, 0.25) is 5.15 Å². The number of carbonyl (C=O) groups is 1. The van der Waals surface area contributed by atoms with Crippen LogP contribution >= 0.6 is 11.6 Å². The van der Waals surface area contributed by atoms with E-state index in [1.165, 1.54) is 6.07 Å². The SMILES string of the molecule is Cc1cc([C@@H](C)Nc2ccc(Cl)nc2C(=O)NS(C)(=O)=O)c2nc(N3C[C@H]4C[C@@H](c5ccn(C)n5)[C@@H]3C4)n(C)c(=O)c2c1. The van der Waals surface area contributed by atoms with E-state index in [1.54, 1.807) is 17.7 Å². The Kier molecular flexibility index (Phi) is 7.20. The summed E-state index contributed by atoms with van der Waals surface area (Å²) in [6.45, 7) is 4.62. The van der Waals surface area contributed by atoms with Gasteiger partial charge in [0.15, 0.2) is 5.69 Å². The molecule has 1 amide bonds. The van der Waals surface area contributed by atoms with Gasteiger partial charge in [-0.2, -0.15) is 5.10 Å². The van der Waals surface area contributed by atoms with Crippen LogP contribution in [0.15, 0.2) is 41.3 Å². The van der Waals surface area contributed by atoms with E-state index in [1.807, 2.05) is 48.6 Å². The van der Waals surface area contributed by atoms with Gasteiger partial charge >= 0.3 is 0 Å². The Balaban J connectivity index is 1.40. The Morgan fingerprint density at radius 2 is 1.91 bits per heavy atom. The lowest BCUT2D eigenvalue weighted by molar-refractivity contribution is 0.0977. The molecule has 0 spiro atoms. The average molecular weight is 625 g/mol. The number of hydrogen-bond acceptors (Lipinski definition) is 9. The Hall–Kier alpha value is -3.97. The zero-order valence-electron chi connectivity index (χ0n) is 24.5. The number of carbonyl (C=O) groups excluding carboxylic acids is 1. The minimum Gasteiger partial charge on any atom is -0.377 e. The van der Waals surface area contributed by atoms with E-state index in [4.69, 9.17) is 16.6 Å². The van der Waals surface area contributed by atoms with Crippen LogP contribution < -0.4 is 20.5 Å². The maximum atomic E-state index is 13.8. The molecule has 226 valence electrons. The van der Waals surface area contributed by atoms with E-state index in [0.29, 0.717) is 22.8 Å². The summed E-state index contributed by atoms with van der Waals surface area (Å²) in [6.07, 6.45) is 4.94. The number of aromatic nitrogens is 5. The van der Waals surface area contributed by atoms with Gasteiger partial charge in [-0.15, -0.1) is 0 Å². The Labute approximate surface area is 254 Å². The Bertz CT molecular complexity index is 1940. The van der Waals surface area contributed by atoms with Gasteiger partial charge in [0.1, 0.15) is 5.15 Å². The molecule has 43 heavy (non-hydrogen) atoms. The molecule has 12 nitrogen and oxygen atoms in total. The summed E-state index contributed by atoms with van der Waals surface area (Å²) in [5, 5.41) is 8.48. The lowest BCUT2D eigenvalue weighted by Crippen LogP contribution is -2.41. The minimum absolute atomic E-state index is 0.0385. The van der Waals surface area contributed by atoms with Gasteiger partial charge in [0.05, 0.1) is 34.6 Å². The van der Waals surface area contributed by atoms with E-state index in [9.17, 15) is 18.0 Å². The number of nitrogens with one attached hydrogen (secondary N) is 2. The molecular weight excluding hydrogens is 592 g/mol. The fraction of sp³-hybridized carbons (Fsp3) is 0.414. The predicted octanol–water partition coefficient (Wildman–Crippen LogP) is 3.27. The van der Waals surface area contributed by atoms with Gasteiger partial charge in [0, 0.05) is 44.4 Å². The van der Waals surface area contributed by atoms with Crippen molar-refractivity contribution in [1.82, 2.24) is 29.0 Å². The number of anilines is 2. The monoisotopic (exact) mass is 624 g/mol. The first-order chi connectivity index (χ1) is 20.3. The molecule has 1 aliphatic carbocycles. The molecule has 1 saturated carbocycles. The molecule has 1 aliphatic heterocycles. The molecule has 1 aromatic carbocycles. The van der Waals surface area contributed by atoms with Crippen molar-refractivity contribution in [2.24, 2.45) is 20.0 Å². The van der Waals surface area contributed by atoms with Crippen LogP contribution in [-0.4, -0.2) is 57.5 Å². The van der Waals surface area contributed by atoms with Crippen molar-refractivity contribution >= 4 is 50.1 Å². The molecule has 4 aromatic rings. The minimum atomic E-state index is -3.83. The molecule has 2 aliphatic rings. The van der Waals surface area contributed by atoms with Crippen molar-refractivity contribution in [2.75, 3.05) is 23.0 Å². The summed E-state index contributed by atoms with van der Waals surface area (Å²) in [6, 6.07) is 8.69. The van der Waals surface area contributed by atoms with Crippen LogP contribution in [0.25, 0.3) is 10.9 Å². The highest BCUT2D eigenvalue weighted by Crippen LogP contribution is 2.48. The zero-order valence-corrected chi connectivity index (χ0v) is 26.1. The van der Waals surface area contributed by atoms with E-state index >= 15 is 0 Å². The average Bonchev–Trinajstić information content (AvgIpc) is 3.66. The lowest BCUT2D eigenvalue weighted by atomic mass is 9.95. The van der Waals surface area contributed by atoms with Crippen molar-refractivity contribution in [3.8, 4) is 0 Å². The summed E-state index contributed by atoms with van der Waals surface area (Å²) < 4.78 is 28.9. The molecule has 3 aromatic heterocycles. The summed E-state index contributed by atoms with van der Waals surface area (Å²) in [4.78, 5) is 38.0. The number of nitrogens with zero attached hydrogens (tertiary/aromatic N) is 6. The second-order valence-corrected chi connectivity index (χ2v) is 13.8. The first-order valence-corrected chi connectivity index (χ1v) is 16.3. The van der Waals surface area contributed by atoms with Crippen LogP contribution in [0.3, 0.4) is 0 Å². The Morgan fingerprint density at radius 3 is 2.58 bits per heavy atom. The van der Waals surface area contributed by atoms with Gasteiger partial charge in [0.2, 0.25) is 16.0 Å². The van der Waals surface area contributed by atoms with Gasteiger partial charge in [0.25, 0.3) is 11.5 Å². The predicted molar refractivity (Wildman–Crippen MR) is 165 cm³/mol. The number of sulfonamides is 1. The topological polar surface area (TPSA) is 144 Å². The third-order valence-electron chi connectivity index (χ3n) is 8.38. The van der Waals surface area contributed by atoms with Gasteiger partial charge in [-0.3, -0.25) is 18.8 Å². The molecule has 1 saturated heterocycles. The van der Waals surface area contributed by atoms with E-state index in [-0.39, 0.29) is 34.1 Å². The maximum Gasteiger partial charge on any atom is 0.285 e. The second-order valence-electron chi connectivity index (χ2n) is 11.7. The number of amides is 1. The quantitative estimate of drug-likeness (QED) is 0.296. The Morgan fingerprint density at radius 1 is 1.14 bits per heavy atom. The molecule has 0 unspecified atom stereocenters. The van der Waals surface area contributed by atoms with Crippen LogP contribution in [0.5, 0.6) is 0 Å². The number of pyridine rings is 1. The summed E-state index contributed by atoms with van der Waals surface area (Å²) in [5.74, 6) is 0.468. The van der Waals surface area contributed by atoms with Crippen molar-refractivity contribution in [2.45, 2.75) is 44.7 Å². The number of piperidine rings is 1. The number of aryl methyl sites for hydroxylation is 2.